The highest BCUT2D eigenvalue weighted by Gasteiger charge is 2.03. The largest absolute Gasteiger partial charge is 0.382 e. The maximum Gasteiger partial charge on any atom is 0.133 e. The number of aromatic nitrogens is 2. The molecule has 0 bridgehead atoms. The number of nitrogens with one attached hydrogen (secondary N) is 1. The normalized spacial score (nSPS) is 11.1. The third kappa shape index (κ3) is 2.56. The van der Waals surface area contributed by atoms with Crippen LogP contribution in [0.4, 0.5) is 4.39 Å². The van der Waals surface area contributed by atoms with Crippen LogP contribution in [0.2, 0.25) is 0 Å². The van der Waals surface area contributed by atoms with Gasteiger partial charge in [0.2, 0.25) is 0 Å². The van der Waals surface area contributed by atoms with Crippen LogP contribution in [0.1, 0.15) is 5.82 Å². The summed E-state index contributed by atoms with van der Waals surface area (Å²) in [7, 11) is 1.62. The quantitative estimate of drug-likeness (QED) is 0.788. The highest BCUT2D eigenvalue weighted by Crippen LogP contribution is 2.13. The molecule has 0 unspecified atom stereocenters. The Kier molecular flexibility index (Phi) is 3.48. The molecule has 0 aliphatic heterocycles. The van der Waals surface area contributed by atoms with Crippen LogP contribution in [-0.4, -0.2) is 30.3 Å². The molecular formula is C11H13FN2O2. The first-order valence-electron chi connectivity index (χ1n) is 5.00. The molecule has 0 atom stereocenters. The fourth-order valence-corrected chi connectivity index (χ4v) is 1.41. The lowest BCUT2D eigenvalue weighted by atomic mass is 10.3. The maximum atomic E-state index is 12.9. The van der Waals surface area contributed by atoms with E-state index in [1.54, 1.807) is 13.2 Å². The first-order chi connectivity index (χ1) is 7.79. The van der Waals surface area contributed by atoms with E-state index < -0.39 is 0 Å². The number of halogens is 1. The number of hydrogen-bond acceptors (Lipinski definition) is 3. The summed E-state index contributed by atoms with van der Waals surface area (Å²) >= 11 is 0. The Hall–Kier alpha value is -1.46. The molecule has 16 heavy (non-hydrogen) atoms. The van der Waals surface area contributed by atoms with Crippen molar-refractivity contribution in [2.75, 3.05) is 20.3 Å². The molecule has 4 nitrogen and oxygen atoms in total. The molecule has 1 heterocycles. The van der Waals surface area contributed by atoms with Crippen LogP contribution in [0.25, 0.3) is 11.0 Å². The van der Waals surface area contributed by atoms with Crippen molar-refractivity contribution < 1.29 is 13.9 Å². The number of rotatable bonds is 5. The molecule has 0 spiro atoms. The van der Waals surface area contributed by atoms with E-state index in [2.05, 4.69) is 9.97 Å². The monoisotopic (exact) mass is 224 g/mol. The Morgan fingerprint density at radius 1 is 1.38 bits per heavy atom. The summed E-state index contributed by atoms with van der Waals surface area (Å²) in [6, 6.07) is 4.44. The molecule has 1 aromatic carbocycles. The number of ether oxygens (including phenoxy) is 2. The Labute approximate surface area is 92.4 Å². The van der Waals surface area contributed by atoms with Gasteiger partial charge in [-0.3, -0.25) is 0 Å². The Morgan fingerprint density at radius 3 is 3.06 bits per heavy atom. The fourth-order valence-electron chi connectivity index (χ4n) is 1.41. The van der Waals surface area contributed by atoms with Crippen LogP contribution < -0.4 is 0 Å². The summed E-state index contributed by atoms with van der Waals surface area (Å²) in [6.45, 7) is 1.44. The van der Waals surface area contributed by atoms with Crippen molar-refractivity contribution in [3.05, 3.63) is 29.8 Å². The van der Waals surface area contributed by atoms with Gasteiger partial charge in [-0.2, -0.15) is 0 Å². The number of imidazole rings is 1. The number of methoxy groups -OCH3 is 1. The first-order valence-corrected chi connectivity index (χ1v) is 5.00. The highest BCUT2D eigenvalue weighted by atomic mass is 19.1. The lowest BCUT2D eigenvalue weighted by Crippen LogP contribution is -2.02. The van der Waals surface area contributed by atoms with Crippen LogP contribution in [0, 0.1) is 5.82 Å². The van der Waals surface area contributed by atoms with E-state index in [9.17, 15) is 4.39 Å². The Balaban J connectivity index is 2.02. The summed E-state index contributed by atoms with van der Waals surface area (Å²) in [6.07, 6.45) is 0. The fraction of sp³-hybridized carbons (Fsp3) is 0.364. The molecular weight excluding hydrogens is 211 g/mol. The van der Waals surface area contributed by atoms with E-state index in [1.807, 2.05) is 0 Å². The standard InChI is InChI=1S/C11H13FN2O2/c1-15-4-5-16-7-11-13-9-3-2-8(12)6-10(9)14-11/h2-3,6H,4-5,7H2,1H3,(H,13,14). The van der Waals surface area contributed by atoms with Crippen molar-refractivity contribution in [1.82, 2.24) is 9.97 Å². The van der Waals surface area contributed by atoms with Crippen LogP contribution in [-0.2, 0) is 16.1 Å². The first kappa shape index (κ1) is 11.0. The van der Waals surface area contributed by atoms with E-state index in [-0.39, 0.29) is 5.82 Å². The van der Waals surface area contributed by atoms with Crippen LogP contribution >= 0.6 is 0 Å². The minimum Gasteiger partial charge on any atom is -0.382 e. The van der Waals surface area contributed by atoms with Gasteiger partial charge in [0, 0.05) is 7.11 Å². The summed E-state index contributed by atoms with van der Waals surface area (Å²) in [5.41, 5.74) is 1.43. The molecule has 0 saturated heterocycles. The van der Waals surface area contributed by atoms with Gasteiger partial charge < -0.3 is 14.5 Å². The van der Waals surface area contributed by atoms with E-state index in [4.69, 9.17) is 9.47 Å². The van der Waals surface area contributed by atoms with Gasteiger partial charge >= 0.3 is 0 Å². The topological polar surface area (TPSA) is 47.1 Å². The van der Waals surface area contributed by atoms with Gasteiger partial charge in [-0.1, -0.05) is 0 Å². The zero-order chi connectivity index (χ0) is 11.4. The summed E-state index contributed by atoms with van der Waals surface area (Å²) < 4.78 is 23.1. The molecule has 0 radical (unpaired) electrons. The van der Waals surface area contributed by atoms with Crippen molar-refractivity contribution in [3.8, 4) is 0 Å². The predicted molar refractivity (Wildman–Crippen MR) is 57.6 cm³/mol. The van der Waals surface area contributed by atoms with Gasteiger partial charge in [0.05, 0.1) is 24.2 Å². The third-order valence-electron chi connectivity index (χ3n) is 2.16. The van der Waals surface area contributed by atoms with Crippen molar-refractivity contribution >= 4 is 11.0 Å². The second-order valence-corrected chi connectivity index (χ2v) is 3.39. The molecule has 86 valence electrons. The molecule has 0 aliphatic carbocycles. The van der Waals surface area contributed by atoms with Crippen molar-refractivity contribution in [3.63, 3.8) is 0 Å². The molecule has 2 aromatic rings. The van der Waals surface area contributed by atoms with Gasteiger partial charge in [-0.15, -0.1) is 0 Å². The zero-order valence-electron chi connectivity index (χ0n) is 9.00. The minimum atomic E-state index is -0.275. The van der Waals surface area contributed by atoms with Gasteiger partial charge in [0.1, 0.15) is 18.2 Å². The molecule has 2 rings (SSSR count). The number of aromatic amines is 1. The molecule has 1 N–H and O–H groups in total. The van der Waals surface area contributed by atoms with Crippen LogP contribution in [0.15, 0.2) is 18.2 Å². The molecule has 0 fully saturated rings. The second-order valence-electron chi connectivity index (χ2n) is 3.39. The summed E-state index contributed by atoms with van der Waals surface area (Å²) in [5.74, 6) is 0.416. The van der Waals surface area contributed by atoms with Crippen LogP contribution in [0.5, 0.6) is 0 Å². The van der Waals surface area contributed by atoms with Gasteiger partial charge in [0.15, 0.2) is 0 Å². The SMILES string of the molecule is COCCOCc1nc2ccc(F)cc2[nH]1. The molecule has 1 aromatic heterocycles. The number of fused-ring (bicyclic) bond motifs is 1. The van der Waals surface area contributed by atoms with Crippen molar-refractivity contribution in [2.24, 2.45) is 0 Å². The Morgan fingerprint density at radius 2 is 2.25 bits per heavy atom. The number of hydrogen-bond donors (Lipinski definition) is 1. The summed E-state index contributed by atoms with van der Waals surface area (Å²) in [5, 5.41) is 0. The molecule has 0 saturated carbocycles. The molecule has 0 amide bonds. The van der Waals surface area contributed by atoms with Gasteiger partial charge in [0.25, 0.3) is 0 Å². The Bertz CT molecular complexity index is 470. The van der Waals surface area contributed by atoms with Gasteiger partial charge in [-0.05, 0) is 18.2 Å². The van der Waals surface area contributed by atoms with Crippen LogP contribution in [0.3, 0.4) is 0 Å². The number of H-pyrrole nitrogens is 1. The number of benzene rings is 1. The van der Waals surface area contributed by atoms with E-state index in [0.717, 1.165) is 5.52 Å². The van der Waals surface area contributed by atoms with E-state index in [1.165, 1.54) is 12.1 Å². The van der Waals surface area contributed by atoms with Crippen molar-refractivity contribution in [2.45, 2.75) is 6.61 Å². The highest BCUT2D eigenvalue weighted by molar-refractivity contribution is 5.74. The lowest BCUT2D eigenvalue weighted by Gasteiger charge is -1.99. The summed E-state index contributed by atoms with van der Waals surface area (Å²) in [4.78, 5) is 7.26. The lowest BCUT2D eigenvalue weighted by molar-refractivity contribution is 0.0590. The molecule has 5 heteroatoms. The molecule has 0 aliphatic rings. The minimum absolute atomic E-state index is 0.275. The smallest absolute Gasteiger partial charge is 0.133 e. The zero-order valence-corrected chi connectivity index (χ0v) is 9.00. The average Bonchev–Trinajstić information content (AvgIpc) is 2.66. The second kappa shape index (κ2) is 5.05. The van der Waals surface area contributed by atoms with Gasteiger partial charge in [-0.25, -0.2) is 9.37 Å². The van der Waals surface area contributed by atoms with E-state index in [0.29, 0.717) is 31.2 Å². The predicted octanol–water partition coefficient (Wildman–Crippen LogP) is 1.86. The number of nitrogens with zero attached hydrogens (tertiary/aromatic N) is 1. The van der Waals surface area contributed by atoms with Crippen molar-refractivity contribution in [1.29, 1.82) is 0 Å². The average molecular weight is 224 g/mol. The maximum absolute atomic E-state index is 12.9. The van der Waals surface area contributed by atoms with E-state index >= 15 is 0 Å². The third-order valence-corrected chi connectivity index (χ3v) is 2.16.